The molecule has 18 heavy (non-hydrogen) atoms. The van der Waals surface area contributed by atoms with E-state index in [2.05, 4.69) is 11.8 Å². The fraction of sp³-hybridized carbons (Fsp3) is 0.0625. The molecule has 0 saturated heterocycles. The van der Waals surface area contributed by atoms with Crippen molar-refractivity contribution in [2.24, 2.45) is 5.73 Å². The Morgan fingerprint density at radius 2 is 1.67 bits per heavy atom. The molecular formula is C16H13NO. The van der Waals surface area contributed by atoms with Crippen LogP contribution in [-0.2, 0) is 0 Å². The van der Waals surface area contributed by atoms with Crippen LogP contribution in [0.25, 0.3) is 0 Å². The maximum Gasteiger partial charge on any atom is 0.194 e. The molecule has 0 aliphatic carbocycles. The summed E-state index contributed by atoms with van der Waals surface area (Å²) in [6.07, 6.45) is 0. The minimum atomic E-state index is -0.0162. The number of ketones is 1. The van der Waals surface area contributed by atoms with Gasteiger partial charge in [-0.15, -0.1) is 0 Å². The van der Waals surface area contributed by atoms with Gasteiger partial charge in [0.05, 0.1) is 6.54 Å². The van der Waals surface area contributed by atoms with E-state index in [0.29, 0.717) is 11.1 Å². The average Bonchev–Trinajstić information content (AvgIpc) is 2.45. The van der Waals surface area contributed by atoms with E-state index in [1.54, 1.807) is 18.2 Å². The molecule has 0 amide bonds. The second-order valence-electron chi connectivity index (χ2n) is 3.75. The van der Waals surface area contributed by atoms with E-state index in [0.717, 1.165) is 5.56 Å². The highest BCUT2D eigenvalue weighted by Crippen LogP contribution is 2.13. The highest BCUT2D eigenvalue weighted by molar-refractivity contribution is 6.10. The van der Waals surface area contributed by atoms with E-state index < -0.39 is 0 Å². The Morgan fingerprint density at radius 1 is 1.00 bits per heavy atom. The van der Waals surface area contributed by atoms with E-state index in [4.69, 9.17) is 5.73 Å². The molecule has 0 atom stereocenters. The molecule has 2 heteroatoms. The zero-order valence-electron chi connectivity index (χ0n) is 9.89. The quantitative estimate of drug-likeness (QED) is 0.640. The lowest BCUT2D eigenvalue weighted by molar-refractivity contribution is 0.103. The number of rotatable bonds is 2. The summed E-state index contributed by atoms with van der Waals surface area (Å²) in [6, 6.07) is 16.5. The fourth-order valence-corrected chi connectivity index (χ4v) is 1.68. The third-order valence-electron chi connectivity index (χ3n) is 2.53. The van der Waals surface area contributed by atoms with Gasteiger partial charge in [0.15, 0.2) is 5.78 Å². The van der Waals surface area contributed by atoms with Crippen molar-refractivity contribution in [1.82, 2.24) is 0 Å². The molecule has 2 rings (SSSR count). The van der Waals surface area contributed by atoms with E-state index >= 15 is 0 Å². The number of hydrogen-bond acceptors (Lipinski definition) is 2. The first-order valence-corrected chi connectivity index (χ1v) is 5.70. The Bertz CT molecular complexity index is 606. The van der Waals surface area contributed by atoms with Crippen LogP contribution in [0.1, 0.15) is 21.5 Å². The van der Waals surface area contributed by atoms with Gasteiger partial charge >= 0.3 is 0 Å². The minimum absolute atomic E-state index is 0.0162. The van der Waals surface area contributed by atoms with Crippen molar-refractivity contribution in [1.29, 1.82) is 0 Å². The summed E-state index contributed by atoms with van der Waals surface area (Å²) < 4.78 is 0. The van der Waals surface area contributed by atoms with Crippen LogP contribution in [0, 0.1) is 11.8 Å². The second kappa shape index (κ2) is 5.81. The Hall–Kier alpha value is -2.37. The molecule has 0 fully saturated rings. The third-order valence-corrected chi connectivity index (χ3v) is 2.53. The molecular weight excluding hydrogens is 222 g/mol. The molecule has 0 unspecified atom stereocenters. The van der Waals surface area contributed by atoms with E-state index in [1.165, 1.54) is 0 Å². The summed E-state index contributed by atoms with van der Waals surface area (Å²) in [6.45, 7) is 0.286. The van der Waals surface area contributed by atoms with E-state index in [1.807, 2.05) is 36.4 Å². The van der Waals surface area contributed by atoms with Gasteiger partial charge in [0.1, 0.15) is 0 Å². The first-order chi connectivity index (χ1) is 8.83. The fourth-order valence-electron chi connectivity index (χ4n) is 1.68. The van der Waals surface area contributed by atoms with Gasteiger partial charge in [-0.1, -0.05) is 54.3 Å². The maximum atomic E-state index is 12.3. The molecule has 2 N–H and O–H groups in total. The summed E-state index contributed by atoms with van der Waals surface area (Å²) in [5.41, 5.74) is 7.36. The van der Waals surface area contributed by atoms with Gasteiger partial charge in [0.25, 0.3) is 0 Å². The van der Waals surface area contributed by atoms with Gasteiger partial charge in [-0.3, -0.25) is 4.79 Å². The topological polar surface area (TPSA) is 43.1 Å². The molecule has 0 aliphatic rings. The maximum absolute atomic E-state index is 12.3. The minimum Gasteiger partial charge on any atom is -0.320 e. The van der Waals surface area contributed by atoms with Crippen molar-refractivity contribution < 1.29 is 4.79 Å². The predicted molar refractivity (Wildman–Crippen MR) is 72.2 cm³/mol. The Morgan fingerprint density at radius 3 is 2.39 bits per heavy atom. The molecule has 2 aromatic carbocycles. The lowest BCUT2D eigenvalue weighted by atomic mass is 9.99. The van der Waals surface area contributed by atoms with Crippen molar-refractivity contribution in [3.05, 3.63) is 71.3 Å². The second-order valence-corrected chi connectivity index (χ2v) is 3.75. The summed E-state index contributed by atoms with van der Waals surface area (Å²) in [7, 11) is 0. The summed E-state index contributed by atoms with van der Waals surface area (Å²) in [5.74, 6) is 5.69. The van der Waals surface area contributed by atoms with Crippen LogP contribution < -0.4 is 5.73 Å². The van der Waals surface area contributed by atoms with Gasteiger partial charge in [-0.05, 0) is 12.1 Å². The smallest absolute Gasteiger partial charge is 0.194 e. The van der Waals surface area contributed by atoms with Gasteiger partial charge in [0, 0.05) is 16.7 Å². The molecule has 0 bridgehead atoms. The van der Waals surface area contributed by atoms with Crippen molar-refractivity contribution in [2.45, 2.75) is 0 Å². The van der Waals surface area contributed by atoms with Crippen molar-refractivity contribution in [3.8, 4) is 11.8 Å². The number of nitrogens with two attached hydrogens (primary N) is 1. The van der Waals surface area contributed by atoms with Gasteiger partial charge in [-0.25, -0.2) is 0 Å². The molecule has 2 nitrogen and oxygen atoms in total. The van der Waals surface area contributed by atoms with Crippen LogP contribution in [-0.4, -0.2) is 12.3 Å². The van der Waals surface area contributed by atoms with Crippen LogP contribution in [0.4, 0.5) is 0 Å². The summed E-state index contributed by atoms with van der Waals surface area (Å²) in [4.78, 5) is 12.3. The lowest BCUT2D eigenvalue weighted by Gasteiger charge is -2.03. The van der Waals surface area contributed by atoms with Crippen LogP contribution in [0.5, 0.6) is 0 Å². The molecule has 0 saturated carbocycles. The molecule has 0 heterocycles. The van der Waals surface area contributed by atoms with Crippen molar-refractivity contribution >= 4 is 5.78 Å². The molecule has 0 spiro atoms. The van der Waals surface area contributed by atoms with Gasteiger partial charge < -0.3 is 5.73 Å². The average molecular weight is 235 g/mol. The Balaban J connectivity index is 2.42. The number of benzene rings is 2. The normalized spacial score (nSPS) is 9.39. The van der Waals surface area contributed by atoms with Crippen LogP contribution in [0.3, 0.4) is 0 Å². The van der Waals surface area contributed by atoms with Crippen LogP contribution >= 0.6 is 0 Å². The van der Waals surface area contributed by atoms with Crippen LogP contribution in [0.2, 0.25) is 0 Å². The lowest BCUT2D eigenvalue weighted by Crippen LogP contribution is -2.03. The highest BCUT2D eigenvalue weighted by atomic mass is 16.1. The largest absolute Gasteiger partial charge is 0.320 e. The molecule has 2 aromatic rings. The SMILES string of the molecule is NCC#Cc1ccccc1C(=O)c1ccccc1. The van der Waals surface area contributed by atoms with Crippen LogP contribution in [0.15, 0.2) is 54.6 Å². The Kier molecular flexibility index (Phi) is 3.90. The van der Waals surface area contributed by atoms with Gasteiger partial charge in [-0.2, -0.15) is 0 Å². The first-order valence-electron chi connectivity index (χ1n) is 5.70. The number of carbonyl (C=O) groups is 1. The standard InChI is InChI=1S/C16H13NO/c17-12-6-10-13-7-4-5-11-15(13)16(18)14-8-2-1-3-9-14/h1-5,7-9,11H,12,17H2. The molecule has 0 aromatic heterocycles. The Labute approximate surface area is 106 Å². The predicted octanol–water partition coefficient (Wildman–Crippen LogP) is 2.23. The number of carbonyl (C=O) groups excluding carboxylic acids is 1. The monoisotopic (exact) mass is 235 g/mol. The van der Waals surface area contributed by atoms with Crippen molar-refractivity contribution in [3.63, 3.8) is 0 Å². The zero-order valence-corrected chi connectivity index (χ0v) is 9.89. The molecule has 0 radical (unpaired) electrons. The number of hydrogen-bond donors (Lipinski definition) is 1. The van der Waals surface area contributed by atoms with Gasteiger partial charge in [0.2, 0.25) is 0 Å². The van der Waals surface area contributed by atoms with E-state index in [9.17, 15) is 4.79 Å². The highest BCUT2D eigenvalue weighted by Gasteiger charge is 2.11. The third kappa shape index (κ3) is 2.65. The summed E-state index contributed by atoms with van der Waals surface area (Å²) in [5, 5.41) is 0. The van der Waals surface area contributed by atoms with E-state index in [-0.39, 0.29) is 12.3 Å². The first kappa shape index (κ1) is 12.1. The van der Waals surface area contributed by atoms with Crippen molar-refractivity contribution in [2.75, 3.05) is 6.54 Å². The molecule has 0 aliphatic heterocycles. The molecule has 88 valence electrons. The zero-order chi connectivity index (χ0) is 12.8. The summed E-state index contributed by atoms with van der Waals surface area (Å²) >= 11 is 0.